The number of anilines is 1. The number of hydrogen-bond donors (Lipinski definition) is 20. The van der Waals surface area contributed by atoms with Crippen LogP contribution >= 0.6 is 0 Å². The van der Waals surface area contributed by atoms with Gasteiger partial charge in [0, 0.05) is 18.9 Å². The molecule has 3 aromatic rings. The third-order valence-electron chi connectivity index (χ3n) is 7.73. The van der Waals surface area contributed by atoms with Gasteiger partial charge < -0.3 is 91.6 Å². The average molecular weight is 864 g/mol. The second-order valence-electron chi connectivity index (χ2n) is 12.5. The fraction of sp³-hybridized carbons (Fsp3) is 0.212. The van der Waals surface area contributed by atoms with Crippen molar-refractivity contribution in [2.24, 2.45) is 28.7 Å². The number of aromatic hydroxyl groups is 1. The van der Waals surface area contributed by atoms with Crippen molar-refractivity contribution in [2.75, 3.05) is 4.90 Å². The fourth-order valence-corrected chi connectivity index (χ4v) is 5.01. The molecule has 6 unspecified atom stereocenters. The van der Waals surface area contributed by atoms with Crippen LogP contribution in [0, 0.1) is 21.6 Å². The maximum absolute atomic E-state index is 14.0. The highest BCUT2D eigenvalue weighted by Crippen LogP contribution is 2.19. The molecule has 0 aliphatic rings. The summed E-state index contributed by atoms with van der Waals surface area (Å²) in [4.78, 5) is 89.0. The molecule has 0 saturated carbocycles. The number of amides is 6. The summed E-state index contributed by atoms with van der Waals surface area (Å²) < 4.78 is 0. The molecular weight excluding hydrogens is 819 g/mol. The molecule has 1 aromatic heterocycles. The van der Waals surface area contributed by atoms with Crippen LogP contribution in [0.4, 0.5) is 5.95 Å². The zero-order valence-electron chi connectivity index (χ0n) is 32.2. The second-order valence-corrected chi connectivity index (χ2v) is 12.5. The number of phenols is 1. The topological polar surface area (TPSA) is 506 Å². The third-order valence-corrected chi connectivity index (χ3v) is 7.73. The Balaban J connectivity index is 1.89. The quantitative estimate of drug-likeness (QED) is 0.0285. The van der Waals surface area contributed by atoms with Gasteiger partial charge in [0.15, 0.2) is 48.5 Å². The highest BCUT2D eigenvalue weighted by molar-refractivity contribution is 5.99. The van der Waals surface area contributed by atoms with Gasteiger partial charge in [-0.15, -0.1) is 0 Å². The van der Waals surface area contributed by atoms with E-state index in [1.807, 2.05) is 16.0 Å². The Kier molecular flexibility index (Phi) is 17.0. The molecule has 330 valence electrons. The van der Waals surface area contributed by atoms with Crippen LogP contribution in [0.2, 0.25) is 0 Å². The Labute approximate surface area is 350 Å². The first kappa shape index (κ1) is 47.4. The minimum Gasteiger partial charge on any atom is -0.508 e. The Morgan fingerprint density at radius 1 is 0.548 bits per heavy atom. The summed E-state index contributed by atoms with van der Waals surface area (Å²) in [6.45, 7) is -0.157. The van der Waals surface area contributed by atoms with E-state index >= 15 is 0 Å². The number of aliphatic hydroxyl groups excluding tert-OH is 1. The van der Waals surface area contributed by atoms with Crippen molar-refractivity contribution >= 4 is 65.2 Å². The maximum atomic E-state index is 14.0. The van der Waals surface area contributed by atoms with Crippen molar-refractivity contribution in [2.45, 2.75) is 43.5 Å². The maximum Gasteiger partial charge on any atom is 0.271 e. The third kappa shape index (κ3) is 14.7. The standard InChI is InChI=1S/C33H45N21O8/c34-18(56)19(50-29(35)36)46-24(58)21(52-31(39)40)48-26(60)22(53-32(41)42)49-25(59)20(51-30(37)38)47-23(57)17(15-5-2-1-3-6-15)45-27(61)28(62)54(33-43-11-4-12-44-33)13-14-7-9-16(55)10-8-14/h1-12,17,19-22,28,55,62H,13H2,(H2,34,56)(H,45,61)(H,46,58)(H,47,57)(H,48,60)(H,49,59)(H4,35,36,50)(H4,37,38,51)(H4,39,40,52)(H4,41,42,53). The molecule has 29 heteroatoms. The molecule has 2 aromatic carbocycles. The van der Waals surface area contributed by atoms with Crippen LogP contribution in [0.15, 0.2) is 73.1 Å². The molecule has 62 heavy (non-hydrogen) atoms. The molecule has 1 heterocycles. The van der Waals surface area contributed by atoms with Crippen molar-refractivity contribution < 1.29 is 39.0 Å². The van der Waals surface area contributed by atoms with Crippen LogP contribution in [-0.4, -0.2) is 110 Å². The second kappa shape index (κ2) is 22.2. The number of carbonyl (C=O) groups excluding carboxylic acids is 6. The molecule has 6 amide bonds. The number of guanidine groups is 4. The predicted molar refractivity (Wildman–Crippen MR) is 217 cm³/mol. The van der Waals surface area contributed by atoms with E-state index in [-0.39, 0.29) is 23.8 Å². The first-order chi connectivity index (χ1) is 29.2. The normalized spacial score (nSPS) is 13.3. The summed E-state index contributed by atoms with van der Waals surface area (Å²) in [5.74, 6) is -11.1. The Bertz CT molecular complexity index is 2130. The molecule has 0 bridgehead atoms. The van der Waals surface area contributed by atoms with Crippen molar-refractivity contribution in [1.29, 1.82) is 21.6 Å². The van der Waals surface area contributed by atoms with Crippen LogP contribution in [0.25, 0.3) is 0 Å². The Morgan fingerprint density at radius 3 is 1.40 bits per heavy atom. The summed E-state index contributed by atoms with van der Waals surface area (Å²) >= 11 is 0. The molecular formula is C33H45N21O8. The lowest BCUT2D eigenvalue weighted by Crippen LogP contribution is -2.68. The number of aliphatic hydroxyl groups is 1. The fourth-order valence-electron chi connectivity index (χ4n) is 5.01. The van der Waals surface area contributed by atoms with Crippen molar-refractivity contribution in [3.8, 4) is 5.75 Å². The number of benzene rings is 2. The van der Waals surface area contributed by atoms with E-state index in [0.717, 1.165) is 4.90 Å². The lowest BCUT2D eigenvalue weighted by atomic mass is 10.1. The van der Waals surface area contributed by atoms with E-state index < -0.39 is 96.2 Å². The molecule has 29 nitrogen and oxygen atoms in total. The minimum absolute atomic E-state index is 0.0383. The molecule has 25 N–H and O–H groups in total. The van der Waals surface area contributed by atoms with Crippen molar-refractivity contribution in [3.05, 3.63) is 84.2 Å². The minimum atomic E-state index is -2.08. The smallest absolute Gasteiger partial charge is 0.271 e. The Hall–Kier alpha value is -9.02. The number of aromatic nitrogens is 2. The molecule has 0 spiro atoms. The van der Waals surface area contributed by atoms with Crippen LogP contribution in [0.1, 0.15) is 17.2 Å². The van der Waals surface area contributed by atoms with Crippen LogP contribution < -0.4 is 81.4 Å². The number of rotatable bonds is 20. The van der Waals surface area contributed by atoms with Gasteiger partial charge in [-0.05, 0) is 29.3 Å². The van der Waals surface area contributed by atoms with Gasteiger partial charge in [0.2, 0.25) is 18.1 Å². The van der Waals surface area contributed by atoms with E-state index in [9.17, 15) is 39.0 Å². The SMILES string of the molecule is N=C(N)NC(NC(=O)C(NC(=N)N)NC(=O)C(NC(=N)N)NC(=O)C(NC(=N)N)NC(=O)C(NC(=O)C(O)N(Cc1ccc(O)cc1)c1ncccn1)c1ccccc1)C(N)=O. The molecule has 0 radical (unpaired) electrons. The number of hydrogen-bond acceptors (Lipinski definition) is 15. The van der Waals surface area contributed by atoms with Gasteiger partial charge in [0.1, 0.15) is 11.8 Å². The van der Waals surface area contributed by atoms with E-state index in [4.69, 9.17) is 50.3 Å². The highest BCUT2D eigenvalue weighted by Gasteiger charge is 2.35. The largest absolute Gasteiger partial charge is 0.508 e. The van der Waals surface area contributed by atoms with Crippen LogP contribution in [0.5, 0.6) is 5.75 Å². The monoisotopic (exact) mass is 863 g/mol. The highest BCUT2D eigenvalue weighted by atomic mass is 16.3. The van der Waals surface area contributed by atoms with Gasteiger partial charge in [-0.25, -0.2) is 9.97 Å². The molecule has 0 aliphatic heterocycles. The molecule has 0 saturated heterocycles. The van der Waals surface area contributed by atoms with Crippen molar-refractivity contribution in [1.82, 2.24) is 57.8 Å². The van der Waals surface area contributed by atoms with Gasteiger partial charge in [-0.1, -0.05) is 42.5 Å². The first-order valence-electron chi connectivity index (χ1n) is 17.5. The lowest BCUT2D eigenvalue weighted by Gasteiger charge is -2.30. The summed E-state index contributed by atoms with van der Waals surface area (Å²) in [7, 11) is 0. The number of nitrogens with zero attached hydrogens (tertiary/aromatic N) is 3. The van der Waals surface area contributed by atoms with E-state index in [0.29, 0.717) is 5.56 Å². The molecule has 6 atom stereocenters. The number of carbonyl (C=O) groups is 6. The van der Waals surface area contributed by atoms with Crippen LogP contribution in [0.3, 0.4) is 0 Å². The van der Waals surface area contributed by atoms with Gasteiger partial charge in [0.05, 0.1) is 0 Å². The van der Waals surface area contributed by atoms with Gasteiger partial charge in [0.25, 0.3) is 29.5 Å². The summed E-state index contributed by atoms with van der Waals surface area (Å²) in [5.41, 5.74) is 27.3. The number of phenolic OH excluding ortho intramolecular Hbond substituents is 1. The van der Waals surface area contributed by atoms with Crippen molar-refractivity contribution in [3.63, 3.8) is 0 Å². The average Bonchev–Trinajstić information content (AvgIpc) is 3.21. The Morgan fingerprint density at radius 2 is 0.968 bits per heavy atom. The number of primary amides is 1. The van der Waals surface area contributed by atoms with Gasteiger partial charge >= 0.3 is 0 Å². The lowest BCUT2D eigenvalue weighted by molar-refractivity contribution is -0.136. The van der Waals surface area contributed by atoms with E-state index in [2.05, 4.69) is 41.9 Å². The summed E-state index contributed by atoms with van der Waals surface area (Å²) in [6, 6.07) is 13.1. The molecule has 0 aliphatic carbocycles. The van der Waals surface area contributed by atoms with Gasteiger partial charge in [-0.2, -0.15) is 0 Å². The molecule has 0 fully saturated rings. The predicted octanol–water partition coefficient (Wildman–Crippen LogP) is -7.45. The molecule has 3 rings (SSSR count). The number of nitrogens with two attached hydrogens (primary N) is 5. The summed E-state index contributed by atoms with van der Waals surface area (Å²) in [5, 5.41) is 70.5. The summed E-state index contributed by atoms with van der Waals surface area (Å²) in [6.07, 6.45) is -7.25. The first-order valence-corrected chi connectivity index (χ1v) is 17.5. The van der Waals surface area contributed by atoms with Gasteiger partial charge in [-0.3, -0.25) is 50.4 Å². The number of nitrogens with one attached hydrogen (secondary N) is 13. The van der Waals surface area contributed by atoms with E-state index in [1.54, 1.807) is 6.07 Å². The zero-order chi connectivity index (χ0) is 46.1. The van der Waals surface area contributed by atoms with E-state index in [1.165, 1.54) is 67.0 Å². The van der Waals surface area contributed by atoms with Crippen LogP contribution in [-0.2, 0) is 35.3 Å². The zero-order valence-corrected chi connectivity index (χ0v) is 32.2.